The number of aryl methyl sites for hydroxylation is 1. The van der Waals surface area contributed by atoms with Crippen molar-refractivity contribution in [3.63, 3.8) is 0 Å². The number of rotatable bonds is 20. The molecule has 0 atom stereocenters. The monoisotopic (exact) mass is 2010 g/mol. The summed E-state index contributed by atoms with van der Waals surface area (Å²) in [6.45, 7) is 25.6. The summed E-state index contributed by atoms with van der Waals surface area (Å²) in [7, 11) is 6.43. The topological polar surface area (TPSA) is 512 Å². The molecule has 21 aromatic rings. The maximum Gasteiger partial charge on any atom is 0.261 e. The van der Waals surface area contributed by atoms with Crippen LogP contribution in [0.2, 0.25) is 0 Å². The van der Waals surface area contributed by atoms with Gasteiger partial charge in [0.05, 0.1) is 170 Å². The number of hydrogen-bond donors (Lipinski definition) is 11. The largest absolute Gasteiger partial charge is 0.366 e. The van der Waals surface area contributed by atoms with Crippen molar-refractivity contribution in [2.24, 2.45) is 11.3 Å². The number of alkyl halides is 2. The number of nitrogens with zero attached hydrogens (tertiary/aromatic N) is 29. The normalized spacial score (nSPS) is 14.9. The van der Waals surface area contributed by atoms with Gasteiger partial charge in [-0.05, 0) is 88.1 Å². The summed E-state index contributed by atoms with van der Waals surface area (Å²) in [6.07, 6.45) is 39.6. The number of fused-ring (bicyclic) bond motifs is 8. The number of nitrogens with one attached hydrogen (secondary N) is 11. The van der Waals surface area contributed by atoms with Crippen LogP contribution in [0.15, 0.2) is 185 Å². The average Bonchev–Trinajstić information content (AvgIpc) is 1.62. The zero-order chi connectivity index (χ0) is 103. The number of likely N-dealkylation sites (tertiary alicyclic amines) is 1. The summed E-state index contributed by atoms with van der Waals surface area (Å²) in [6, 6.07) is 15.7. The molecule has 21 aromatic heterocycles. The van der Waals surface area contributed by atoms with Gasteiger partial charge in [0.25, 0.3) is 5.92 Å². The highest BCUT2D eigenvalue weighted by molar-refractivity contribution is 6.02. The van der Waals surface area contributed by atoms with Gasteiger partial charge in [0.2, 0.25) is 17.7 Å². The molecule has 0 unspecified atom stereocenters. The second-order valence-electron chi connectivity index (χ2n) is 39.7. The van der Waals surface area contributed by atoms with E-state index in [1.807, 2.05) is 126 Å². The van der Waals surface area contributed by atoms with Crippen LogP contribution in [-0.2, 0) is 20.9 Å². The zero-order valence-electron chi connectivity index (χ0n) is 84.1. The van der Waals surface area contributed by atoms with Gasteiger partial charge < -0.3 is 69.9 Å². The summed E-state index contributed by atoms with van der Waals surface area (Å²) >= 11 is 0. The Kier molecular flexibility index (Phi) is 26.5. The van der Waals surface area contributed by atoms with Gasteiger partial charge in [0.15, 0.2) is 45.9 Å². The highest BCUT2D eigenvalue weighted by Gasteiger charge is 2.38. The Morgan fingerprint density at radius 1 is 0.393 bits per heavy atom. The van der Waals surface area contributed by atoms with E-state index in [1.54, 1.807) is 117 Å². The molecule has 25 heterocycles. The summed E-state index contributed by atoms with van der Waals surface area (Å²) in [5, 5.41) is 42.0. The van der Waals surface area contributed by atoms with Crippen LogP contribution in [0.25, 0.3) is 185 Å². The summed E-state index contributed by atoms with van der Waals surface area (Å²) in [5.41, 5.74) is 26.0. The lowest BCUT2D eigenvalue weighted by molar-refractivity contribution is -0.123. The van der Waals surface area contributed by atoms with Crippen molar-refractivity contribution in [3.8, 4) is 96.3 Å². The van der Waals surface area contributed by atoms with Crippen molar-refractivity contribution < 1.29 is 23.2 Å². The van der Waals surface area contributed by atoms with Gasteiger partial charge in [-0.2, -0.15) is 20.4 Å². The number of aromatic amines is 8. The fraction of sp³-hybridized carbons (Fsp3) is 0.295. The van der Waals surface area contributed by atoms with Gasteiger partial charge in [-0.15, -0.1) is 0 Å². The van der Waals surface area contributed by atoms with E-state index in [4.69, 9.17) is 19.9 Å². The van der Waals surface area contributed by atoms with Gasteiger partial charge in [-0.25, -0.2) is 53.6 Å². The summed E-state index contributed by atoms with van der Waals surface area (Å²) in [5.74, 6) is 0.137. The highest BCUT2D eigenvalue weighted by atomic mass is 19.3. The molecule has 4 saturated heterocycles. The van der Waals surface area contributed by atoms with Gasteiger partial charge in [0.1, 0.15) is 44.8 Å². The molecule has 0 radical (unpaired) electrons. The number of H-pyrrole nitrogens is 8. The van der Waals surface area contributed by atoms with Crippen molar-refractivity contribution in [2.45, 2.75) is 80.2 Å². The van der Waals surface area contributed by atoms with E-state index >= 15 is 0 Å². The van der Waals surface area contributed by atoms with Crippen LogP contribution in [0, 0.1) is 18.3 Å². The van der Waals surface area contributed by atoms with Crippen molar-refractivity contribution >= 4 is 140 Å². The molecule has 0 spiro atoms. The summed E-state index contributed by atoms with van der Waals surface area (Å²) < 4.78 is 29.1. The van der Waals surface area contributed by atoms with E-state index in [0.717, 1.165) is 240 Å². The van der Waals surface area contributed by atoms with Crippen LogP contribution in [-0.4, -0.2) is 306 Å². The molecule has 0 aromatic carbocycles. The number of pyridine rings is 12. The molecule has 4 aliphatic rings. The molecule has 43 nitrogen and oxygen atoms in total. The number of likely N-dealkylation sites (N-methyl/N-ethyl adjacent to an activating group) is 3. The highest BCUT2D eigenvalue weighted by Crippen LogP contribution is 2.40. The summed E-state index contributed by atoms with van der Waals surface area (Å²) in [4.78, 5) is 143. The van der Waals surface area contributed by atoms with E-state index in [1.165, 1.54) is 0 Å². The molecule has 4 fully saturated rings. The Morgan fingerprint density at radius 2 is 0.727 bits per heavy atom. The second-order valence-corrected chi connectivity index (χ2v) is 39.7. The number of carbonyl (C=O) groups excluding carboxylic acids is 3. The minimum Gasteiger partial charge on any atom is -0.366 e. The first-order valence-electron chi connectivity index (χ1n) is 49.6. The Morgan fingerprint density at radius 3 is 1.07 bits per heavy atom. The van der Waals surface area contributed by atoms with Gasteiger partial charge in [0, 0.05) is 223 Å². The smallest absolute Gasteiger partial charge is 0.261 e. The fourth-order valence-corrected chi connectivity index (χ4v) is 18.8. The van der Waals surface area contributed by atoms with Crippen molar-refractivity contribution in [1.29, 1.82) is 0 Å². The predicted molar refractivity (Wildman–Crippen MR) is 571 cm³/mol. The van der Waals surface area contributed by atoms with Crippen molar-refractivity contribution in [1.82, 2.24) is 170 Å². The van der Waals surface area contributed by atoms with Crippen LogP contribution in [0.1, 0.15) is 72.1 Å². The SMILES string of the molecule is CC(C)CC(=O)Nc1cncc(-c2cnc3n[nH]c(-c4nc5c(N6CCN(C)CC6)cncc5[nH]4)c3c2)c1.CCC(=O)Nc1cncc(-c2cnc3n[nH]c(-c4nc5c(N6CCN(C)CC6)cncc5[nH]4)c3c2)c1.CN1CCN(c2cncc3[nH]c(-c4[nH]nc5ncc(-c6cncc(NC(=O)C(C)(C)C)c6)cc45)nc23)CC1.Cc1cn(-c2cncc3[nH]c(-c4[nH]nc5ncc(-c6cncc(CN7CCC(F)(F)C7)c6)cc45)nc23)cn1. The lowest BCUT2D eigenvalue weighted by Crippen LogP contribution is -2.44. The van der Waals surface area contributed by atoms with Gasteiger partial charge in [-0.1, -0.05) is 41.5 Å². The molecule has 11 N–H and O–H groups in total. The first-order chi connectivity index (χ1) is 72.7. The minimum atomic E-state index is -2.62. The number of hydrogen-bond acceptors (Lipinski definition) is 31. The van der Waals surface area contributed by atoms with E-state index in [9.17, 15) is 23.2 Å². The molecule has 0 aliphatic carbocycles. The van der Waals surface area contributed by atoms with Gasteiger partial charge in [-0.3, -0.25) is 79.6 Å². The third-order valence-electron chi connectivity index (χ3n) is 27.0. The molecular weight excluding hydrogens is 1910 g/mol. The van der Waals surface area contributed by atoms with E-state index in [2.05, 4.69) is 192 Å². The molecule has 4 aliphatic heterocycles. The van der Waals surface area contributed by atoms with E-state index < -0.39 is 11.3 Å². The Labute approximate surface area is 855 Å². The Hall–Kier alpha value is -17.7. The number of carbonyl (C=O) groups is 3. The Balaban J connectivity index is 0.000000113. The van der Waals surface area contributed by atoms with Crippen molar-refractivity contribution in [2.75, 3.05) is 143 Å². The van der Waals surface area contributed by atoms with E-state index in [-0.39, 0.29) is 36.6 Å². The average molecular weight is 2020 g/mol. The first-order valence-corrected chi connectivity index (χ1v) is 49.6. The number of amides is 3. The number of halogens is 2. The molecule has 0 saturated carbocycles. The molecule has 150 heavy (non-hydrogen) atoms. The molecule has 0 bridgehead atoms. The maximum atomic E-state index is 13.6. The van der Waals surface area contributed by atoms with Gasteiger partial charge >= 0.3 is 0 Å². The van der Waals surface area contributed by atoms with Crippen LogP contribution in [0.4, 0.5) is 42.9 Å². The lowest BCUT2D eigenvalue weighted by atomic mass is 9.95. The maximum absolute atomic E-state index is 13.6. The fourth-order valence-electron chi connectivity index (χ4n) is 18.8. The number of aromatic nitrogens is 30. The van der Waals surface area contributed by atoms with Crippen molar-refractivity contribution in [3.05, 3.63) is 196 Å². The quantitative estimate of drug-likeness (QED) is 0.0337. The van der Waals surface area contributed by atoms with Crippen LogP contribution in [0.3, 0.4) is 0 Å². The third-order valence-corrected chi connectivity index (χ3v) is 27.0. The molecule has 3 amide bonds. The number of anilines is 6. The first kappa shape index (κ1) is 97.0. The molecular formula is C105H108F2N40O3. The molecule has 45 heteroatoms. The molecule has 760 valence electrons. The third kappa shape index (κ3) is 20.7. The predicted octanol–water partition coefficient (Wildman–Crippen LogP) is 14.7. The lowest BCUT2D eigenvalue weighted by Gasteiger charge is -2.33. The van der Waals surface area contributed by atoms with Crippen LogP contribution in [0.5, 0.6) is 0 Å². The zero-order valence-corrected chi connectivity index (χ0v) is 84.1. The molecule has 25 rings (SSSR count). The standard InChI is InChI=1S/2C27H30N10O.C26H22F2N10.C25H26N10O/c1-27(2,3)26(38)31-18-9-16(11-28-13-18)17-10-19-22(34-35-24(19)30-12-17)25-32-20-14-29-15-21(23(20)33-25)37-7-5-36(4)6-8-37;1-16(2)8-23(38)31-19-9-17(11-28-13-19)18-10-20-24(34-35-26(20)30-12-18)27-32-21-14-29-15-22(25(21)33-27)37-6-4-36(3)5-7-37;1-15-11-38(14-32-15)21-10-30-9-20-23(21)34-25(33-20)22-19-5-18(8-31-24(19)36-35-22)17-4-16(6-29-7-17)12-37-3-2-26(27,28)13-37;1-3-21(36)29-17-8-15(10-26-12-17)16-9-18-22(32-33-24(18)28-11-16)25-30-19-13-27-14-20(23(19)31-25)35-6-4-34(2)5-7-35/h9-15H,5-8H2,1-4H3,(H,31,38)(H,32,33)(H,30,34,35);9-16H,4-8H2,1-3H3,(H,31,38)(H,32,33)(H,30,34,35);4-11,14H,2-3,12-13H2,1H3,(H,33,34)(H,31,35,36);8-14H,3-7H2,1-2H3,(H,29,36)(H,30,31)(H,28,32,33). The number of piperazine rings is 3. The second kappa shape index (κ2) is 40.9. The Bertz CT molecular complexity index is 8590. The van der Waals surface area contributed by atoms with Crippen LogP contribution < -0.4 is 30.7 Å². The minimum absolute atomic E-state index is 0.0278. The number of imidazole rings is 5. The van der Waals surface area contributed by atoms with Crippen LogP contribution >= 0.6 is 0 Å². The van der Waals surface area contributed by atoms with E-state index in [0.29, 0.717) is 94.6 Å².